The van der Waals surface area contributed by atoms with Gasteiger partial charge in [-0.25, -0.2) is 0 Å². The van der Waals surface area contributed by atoms with Crippen molar-refractivity contribution in [2.75, 3.05) is 0 Å². The minimum absolute atomic E-state index is 0.143. The summed E-state index contributed by atoms with van der Waals surface area (Å²) in [6, 6.07) is 14.9. The van der Waals surface area contributed by atoms with Gasteiger partial charge in [-0.05, 0) is 66.0 Å². The van der Waals surface area contributed by atoms with E-state index in [-0.39, 0.29) is 35.5 Å². The van der Waals surface area contributed by atoms with Crippen LogP contribution in [0, 0.1) is 35.5 Å². The number of ether oxygens (including phenoxy) is 1. The van der Waals surface area contributed by atoms with E-state index in [1.54, 1.807) is 6.21 Å². The number of allylic oxidation sites excluding steroid dienone is 2. The number of hydrazone groups is 1. The molecule has 156 valence electrons. The Kier molecular flexibility index (Phi) is 4.29. The molecule has 31 heavy (non-hydrogen) atoms. The topological polar surface area (TPSA) is 59.0 Å². The first-order chi connectivity index (χ1) is 15.1. The van der Waals surface area contributed by atoms with E-state index in [4.69, 9.17) is 16.3 Å². The van der Waals surface area contributed by atoms with Crippen molar-refractivity contribution in [3.63, 3.8) is 0 Å². The molecule has 1 saturated heterocycles. The highest BCUT2D eigenvalue weighted by molar-refractivity contribution is 6.31. The lowest BCUT2D eigenvalue weighted by atomic mass is 9.63. The molecule has 4 aliphatic carbocycles. The van der Waals surface area contributed by atoms with Crippen molar-refractivity contribution in [3.8, 4) is 5.75 Å². The van der Waals surface area contributed by atoms with Crippen LogP contribution in [0.25, 0.3) is 0 Å². The Morgan fingerprint density at radius 2 is 1.61 bits per heavy atom. The van der Waals surface area contributed by atoms with Crippen LogP contribution in [0.2, 0.25) is 5.02 Å². The Bertz CT molecular complexity index is 1090. The lowest BCUT2D eigenvalue weighted by Crippen LogP contribution is -2.40. The molecule has 5 aliphatic rings. The van der Waals surface area contributed by atoms with E-state index in [9.17, 15) is 9.59 Å². The first-order valence-electron chi connectivity index (χ1n) is 10.7. The second-order valence-electron chi connectivity index (χ2n) is 8.84. The second-order valence-corrected chi connectivity index (χ2v) is 9.24. The van der Waals surface area contributed by atoms with Gasteiger partial charge in [0.05, 0.1) is 18.1 Å². The maximum Gasteiger partial charge on any atom is 0.254 e. The quantitative estimate of drug-likeness (QED) is 0.402. The summed E-state index contributed by atoms with van der Waals surface area (Å²) in [4.78, 5) is 25.9. The Morgan fingerprint density at radius 1 is 0.968 bits per heavy atom. The number of benzene rings is 2. The predicted molar refractivity (Wildman–Crippen MR) is 116 cm³/mol. The number of amides is 2. The molecule has 2 aromatic carbocycles. The largest absolute Gasteiger partial charge is 0.489 e. The van der Waals surface area contributed by atoms with Crippen LogP contribution in [-0.2, 0) is 16.2 Å². The summed E-state index contributed by atoms with van der Waals surface area (Å²) < 4.78 is 5.79. The highest BCUT2D eigenvalue weighted by Gasteiger charge is 2.67. The van der Waals surface area contributed by atoms with E-state index in [1.807, 2.05) is 48.5 Å². The monoisotopic (exact) mass is 432 g/mol. The average Bonchev–Trinajstić information content (AvgIpc) is 3.57. The number of rotatable bonds is 5. The zero-order valence-corrected chi connectivity index (χ0v) is 17.5. The fraction of sp³-hybridized carbons (Fsp3) is 0.320. The van der Waals surface area contributed by atoms with Crippen LogP contribution in [-0.4, -0.2) is 23.0 Å². The molecule has 2 aromatic rings. The molecule has 2 amide bonds. The fourth-order valence-corrected chi connectivity index (χ4v) is 5.80. The van der Waals surface area contributed by atoms with Crippen molar-refractivity contribution >= 4 is 29.6 Å². The number of imide groups is 1. The van der Waals surface area contributed by atoms with E-state index in [0.29, 0.717) is 29.2 Å². The lowest BCUT2D eigenvalue weighted by Gasteiger charge is -2.37. The van der Waals surface area contributed by atoms with Gasteiger partial charge in [-0.15, -0.1) is 0 Å². The summed E-state index contributed by atoms with van der Waals surface area (Å²) in [5.41, 5.74) is 1.72. The minimum Gasteiger partial charge on any atom is -0.489 e. The van der Waals surface area contributed by atoms with Gasteiger partial charge in [-0.2, -0.15) is 10.1 Å². The van der Waals surface area contributed by atoms with Gasteiger partial charge in [0, 0.05) is 10.6 Å². The number of hydrogen-bond acceptors (Lipinski definition) is 4. The zero-order chi connectivity index (χ0) is 21.1. The molecule has 0 spiro atoms. The number of nitrogens with zero attached hydrogens (tertiary/aromatic N) is 2. The molecule has 7 rings (SSSR count). The molecule has 0 N–H and O–H groups in total. The van der Waals surface area contributed by atoms with Crippen LogP contribution in [0.4, 0.5) is 0 Å². The van der Waals surface area contributed by atoms with Crippen molar-refractivity contribution in [3.05, 3.63) is 76.8 Å². The summed E-state index contributed by atoms with van der Waals surface area (Å²) in [7, 11) is 0. The molecule has 3 fully saturated rings. The Balaban J connectivity index is 1.13. The minimum atomic E-state index is -0.219. The summed E-state index contributed by atoms with van der Waals surface area (Å²) >= 11 is 6.16. The summed E-state index contributed by atoms with van der Waals surface area (Å²) in [5, 5.41) is 6.05. The van der Waals surface area contributed by atoms with Gasteiger partial charge in [0.1, 0.15) is 12.4 Å². The molecule has 1 heterocycles. The smallest absolute Gasteiger partial charge is 0.254 e. The molecule has 6 heteroatoms. The molecular formula is C25H21ClN2O3. The average molecular weight is 433 g/mol. The third-order valence-electron chi connectivity index (χ3n) is 7.19. The second kappa shape index (κ2) is 7.06. The van der Waals surface area contributed by atoms with E-state index in [2.05, 4.69) is 17.3 Å². The van der Waals surface area contributed by atoms with Crippen molar-refractivity contribution in [2.45, 2.75) is 13.0 Å². The van der Waals surface area contributed by atoms with E-state index >= 15 is 0 Å². The zero-order valence-electron chi connectivity index (χ0n) is 16.7. The molecule has 2 saturated carbocycles. The van der Waals surface area contributed by atoms with Crippen molar-refractivity contribution in [1.29, 1.82) is 0 Å². The van der Waals surface area contributed by atoms with Crippen molar-refractivity contribution < 1.29 is 14.3 Å². The van der Waals surface area contributed by atoms with Gasteiger partial charge in [-0.1, -0.05) is 42.0 Å². The van der Waals surface area contributed by atoms with Gasteiger partial charge in [-0.3, -0.25) is 9.59 Å². The molecule has 5 nitrogen and oxygen atoms in total. The molecule has 1 aliphatic heterocycles. The summed E-state index contributed by atoms with van der Waals surface area (Å²) in [5.74, 6) is 1.60. The van der Waals surface area contributed by atoms with Crippen molar-refractivity contribution in [2.24, 2.45) is 40.6 Å². The predicted octanol–water partition coefficient (Wildman–Crippen LogP) is 4.31. The Hall–Kier alpha value is -2.92. The van der Waals surface area contributed by atoms with Gasteiger partial charge in [0.15, 0.2) is 0 Å². The van der Waals surface area contributed by atoms with E-state index < -0.39 is 0 Å². The SMILES string of the molecule is O=C1[C@@H]2[C@@H]3C=C[C@@H]([C@H]4C[C@@H]34)[C@@H]2C(=O)N1/N=C\c1ccc(OCc2ccccc2Cl)cc1. The van der Waals surface area contributed by atoms with Crippen molar-refractivity contribution in [1.82, 2.24) is 5.01 Å². The van der Waals surface area contributed by atoms with Crippen LogP contribution in [0.5, 0.6) is 5.75 Å². The van der Waals surface area contributed by atoms with Crippen LogP contribution in [0.15, 0.2) is 65.8 Å². The molecule has 0 aromatic heterocycles. The van der Waals surface area contributed by atoms with E-state index in [0.717, 1.165) is 22.6 Å². The maximum absolute atomic E-state index is 13.0. The number of hydrogen-bond donors (Lipinski definition) is 0. The third-order valence-corrected chi connectivity index (χ3v) is 7.56. The first kappa shape index (κ1) is 18.8. The first-order valence-corrected chi connectivity index (χ1v) is 11.1. The molecular weight excluding hydrogens is 412 g/mol. The van der Waals surface area contributed by atoms with Gasteiger partial charge < -0.3 is 4.74 Å². The van der Waals surface area contributed by atoms with Crippen LogP contribution in [0.3, 0.4) is 0 Å². The summed E-state index contributed by atoms with van der Waals surface area (Å²) in [6.45, 7) is 0.380. The maximum atomic E-state index is 13.0. The number of halogens is 1. The molecule has 2 bridgehead atoms. The van der Waals surface area contributed by atoms with Crippen LogP contribution >= 0.6 is 11.6 Å². The molecule has 0 radical (unpaired) electrons. The van der Waals surface area contributed by atoms with Gasteiger partial charge in [0.25, 0.3) is 11.8 Å². The molecule has 6 atom stereocenters. The highest BCUT2D eigenvalue weighted by Crippen LogP contribution is 2.65. The number of carbonyl (C=O) groups excluding carboxylic acids is 2. The summed E-state index contributed by atoms with van der Waals surface area (Å²) in [6.07, 6.45) is 7.06. The standard InChI is InChI=1S/C25H21ClN2O3/c26-21-4-2-1-3-15(21)13-31-16-7-5-14(6-8-16)12-27-28-24(29)22-17-9-10-18(20-11-19(17)20)23(22)25(28)30/h1-10,12,17-20,22-23H,11,13H2/b27-12-/t17-,18+,19+,20-,22-,23+. The highest BCUT2D eigenvalue weighted by atomic mass is 35.5. The van der Waals surface area contributed by atoms with E-state index in [1.165, 1.54) is 0 Å². The van der Waals surface area contributed by atoms with Crippen LogP contribution < -0.4 is 4.74 Å². The van der Waals surface area contributed by atoms with Gasteiger partial charge in [0.2, 0.25) is 0 Å². The Labute approximate surface area is 185 Å². The van der Waals surface area contributed by atoms with Crippen LogP contribution in [0.1, 0.15) is 17.5 Å². The number of carbonyl (C=O) groups is 2. The normalized spacial score (nSPS) is 32.5. The fourth-order valence-electron chi connectivity index (χ4n) is 5.61. The lowest BCUT2D eigenvalue weighted by molar-refractivity contribution is -0.140. The third kappa shape index (κ3) is 3.02. The molecule has 0 unspecified atom stereocenters. The van der Waals surface area contributed by atoms with Gasteiger partial charge >= 0.3 is 0 Å². The Morgan fingerprint density at radius 3 is 2.26 bits per heavy atom.